The zero-order valence-corrected chi connectivity index (χ0v) is 11.9. The van der Waals surface area contributed by atoms with Crippen LogP contribution in [0.2, 0.25) is 5.02 Å². The quantitative estimate of drug-likeness (QED) is 0.383. The van der Waals surface area contributed by atoms with Gasteiger partial charge in [0.2, 0.25) is 0 Å². The van der Waals surface area contributed by atoms with Crippen LogP contribution in [0.4, 0.5) is 5.69 Å². The zero-order chi connectivity index (χ0) is 14.4. The van der Waals surface area contributed by atoms with E-state index in [0.29, 0.717) is 20.5 Å². The second-order valence-corrected chi connectivity index (χ2v) is 5.90. The molecule has 3 aromatic rings. The molecule has 0 aliphatic rings. The van der Waals surface area contributed by atoms with Crippen LogP contribution >= 0.6 is 22.9 Å². The highest BCUT2D eigenvalue weighted by atomic mass is 35.5. The minimum absolute atomic E-state index is 0.0211. The number of fused-ring (bicyclic) bond motifs is 2. The molecule has 1 aromatic heterocycles. The Morgan fingerprint density at radius 1 is 1.25 bits per heavy atom. The standard InChI is InChI=1S/C14H8ClNO3S/c1-7-2-5-10(15)12-13(17)9-4-3-8(16(18)19)6-11(9)20-14(7)12/h2-6H,1H3. The van der Waals surface area contributed by atoms with Gasteiger partial charge in [-0.25, -0.2) is 0 Å². The third-order valence-corrected chi connectivity index (χ3v) is 4.77. The van der Waals surface area contributed by atoms with Crippen molar-refractivity contribution in [2.45, 2.75) is 6.92 Å². The first-order valence-electron chi connectivity index (χ1n) is 5.79. The largest absolute Gasteiger partial charge is 0.288 e. The van der Waals surface area contributed by atoms with Crippen molar-refractivity contribution in [2.75, 3.05) is 0 Å². The summed E-state index contributed by atoms with van der Waals surface area (Å²) in [6.07, 6.45) is 0. The second kappa shape index (κ2) is 4.54. The monoisotopic (exact) mass is 305 g/mol. The molecule has 0 unspecified atom stereocenters. The highest BCUT2D eigenvalue weighted by molar-refractivity contribution is 7.24. The Hall–Kier alpha value is -1.98. The van der Waals surface area contributed by atoms with Gasteiger partial charge in [-0.1, -0.05) is 17.7 Å². The zero-order valence-electron chi connectivity index (χ0n) is 10.3. The van der Waals surface area contributed by atoms with E-state index in [1.807, 2.05) is 13.0 Å². The van der Waals surface area contributed by atoms with E-state index in [-0.39, 0.29) is 11.1 Å². The first kappa shape index (κ1) is 13.0. The number of halogens is 1. The van der Waals surface area contributed by atoms with E-state index in [9.17, 15) is 14.9 Å². The molecule has 0 N–H and O–H groups in total. The van der Waals surface area contributed by atoms with Gasteiger partial charge in [-0.15, -0.1) is 11.3 Å². The maximum Gasteiger partial charge on any atom is 0.270 e. The summed E-state index contributed by atoms with van der Waals surface area (Å²) in [6.45, 7) is 1.89. The average Bonchev–Trinajstić information content (AvgIpc) is 2.42. The molecule has 6 heteroatoms. The fourth-order valence-electron chi connectivity index (χ4n) is 2.15. The number of nitro benzene ring substituents is 1. The van der Waals surface area contributed by atoms with Crippen molar-refractivity contribution < 1.29 is 4.92 Å². The molecule has 0 fully saturated rings. The summed E-state index contributed by atoms with van der Waals surface area (Å²) in [4.78, 5) is 22.9. The van der Waals surface area contributed by atoms with Gasteiger partial charge in [-0.3, -0.25) is 14.9 Å². The molecule has 0 aliphatic heterocycles. The Morgan fingerprint density at radius 2 is 2.00 bits per heavy atom. The third-order valence-electron chi connectivity index (χ3n) is 3.16. The summed E-state index contributed by atoms with van der Waals surface area (Å²) >= 11 is 7.46. The normalized spacial score (nSPS) is 11.1. The van der Waals surface area contributed by atoms with Gasteiger partial charge in [-0.05, 0) is 24.6 Å². The van der Waals surface area contributed by atoms with Gasteiger partial charge in [0, 0.05) is 26.9 Å². The van der Waals surface area contributed by atoms with Crippen LogP contribution < -0.4 is 5.43 Å². The van der Waals surface area contributed by atoms with E-state index in [0.717, 1.165) is 10.3 Å². The molecule has 0 amide bonds. The molecule has 0 saturated heterocycles. The topological polar surface area (TPSA) is 60.2 Å². The molecular weight excluding hydrogens is 298 g/mol. The smallest absolute Gasteiger partial charge is 0.270 e. The van der Waals surface area contributed by atoms with Crippen LogP contribution in [0.3, 0.4) is 0 Å². The van der Waals surface area contributed by atoms with Crippen LogP contribution in [0.15, 0.2) is 35.1 Å². The van der Waals surface area contributed by atoms with Gasteiger partial charge >= 0.3 is 0 Å². The van der Waals surface area contributed by atoms with Gasteiger partial charge in [0.15, 0.2) is 5.43 Å². The maximum absolute atomic E-state index is 12.5. The number of rotatable bonds is 1. The lowest BCUT2D eigenvalue weighted by atomic mass is 10.1. The Bertz CT molecular complexity index is 933. The highest BCUT2D eigenvalue weighted by Crippen LogP contribution is 2.32. The SMILES string of the molecule is Cc1ccc(Cl)c2c(=O)c3ccc([N+](=O)[O-])cc3sc12. The van der Waals surface area contributed by atoms with E-state index in [1.54, 1.807) is 6.07 Å². The van der Waals surface area contributed by atoms with E-state index >= 15 is 0 Å². The predicted octanol–water partition coefficient (Wildman–Crippen LogP) is 4.28. The van der Waals surface area contributed by atoms with Crippen LogP contribution in [-0.2, 0) is 0 Å². The number of non-ortho nitro benzene ring substituents is 1. The predicted molar refractivity (Wildman–Crippen MR) is 82.0 cm³/mol. The van der Waals surface area contributed by atoms with E-state index in [2.05, 4.69) is 0 Å². The first-order valence-corrected chi connectivity index (χ1v) is 6.98. The Balaban J connectivity index is 2.54. The summed E-state index contributed by atoms with van der Waals surface area (Å²) in [7, 11) is 0. The highest BCUT2D eigenvalue weighted by Gasteiger charge is 2.14. The fourth-order valence-corrected chi connectivity index (χ4v) is 3.65. The molecule has 0 spiro atoms. The van der Waals surface area contributed by atoms with Crippen molar-refractivity contribution in [3.63, 3.8) is 0 Å². The molecule has 1 heterocycles. The molecule has 2 aromatic carbocycles. The van der Waals surface area contributed by atoms with Crippen molar-refractivity contribution in [3.8, 4) is 0 Å². The third kappa shape index (κ3) is 1.87. The second-order valence-electron chi connectivity index (χ2n) is 4.44. The molecule has 0 radical (unpaired) electrons. The molecule has 0 atom stereocenters. The Labute approximate surface area is 122 Å². The maximum atomic E-state index is 12.5. The van der Waals surface area contributed by atoms with E-state index in [1.165, 1.54) is 29.5 Å². The minimum atomic E-state index is -0.467. The molecule has 0 bridgehead atoms. The van der Waals surface area contributed by atoms with Crippen LogP contribution in [0.1, 0.15) is 5.56 Å². The molecular formula is C14H8ClNO3S. The Kier molecular flexibility index (Phi) is 2.96. The van der Waals surface area contributed by atoms with Gasteiger partial charge < -0.3 is 0 Å². The lowest BCUT2D eigenvalue weighted by Gasteiger charge is -2.05. The van der Waals surface area contributed by atoms with E-state index in [4.69, 9.17) is 11.6 Å². The summed E-state index contributed by atoms with van der Waals surface area (Å²) in [5.74, 6) is 0. The van der Waals surface area contributed by atoms with E-state index < -0.39 is 4.92 Å². The summed E-state index contributed by atoms with van der Waals surface area (Å²) in [6, 6.07) is 7.80. The number of benzene rings is 2. The number of hydrogen-bond donors (Lipinski definition) is 0. The van der Waals surface area contributed by atoms with Crippen LogP contribution in [-0.4, -0.2) is 4.92 Å². The lowest BCUT2D eigenvalue weighted by Crippen LogP contribution is -2.02. The van der Waals surface area contributed by atoms with Gasteiger partial charge in [0.1, 0.15) is 0 Å². The van der Waals surface area contributed by atoms with Crippen LogP contribution in [0, 0.1) is 17.0 Å². The molecule has 0 aliphatic carbocycles. The molecule has 3 rings (SSSR count). The lowest BCUT2D eigenvalue weighted by molar-refractivity contribution is -0.384. The minimum Gasteiger partial charge on any atom is -0.288 e. The summed E-state index contributed by atoms with van der Waals surface area (Å²) in [5, 5.41) is 12.2. The van der Waals surface area contributed by atoms with Crippen molar-refractivity contribution in [1.82, 2.24) is 0 Å². The van der Waals surface area contributed by atoms with Crippen molar-refractivity contribution in [3.05, 3.63) is 61.3 Å². The van der Waals surface area contributed by atoms with Crippen molar-refractivity contribution in [2.24, 2.45) is 0 Å². The van der Waals surface area contributed by atoms with Gasteiger partial charge in [0.05, 0.1) is 15.3 Å². The number of nitro groups is 1. The Morgan fingerprint density at radius 3 is 2.70 bits per heavy atom. The number of aryl methyl sites for hydroxylation is 1. The fraction of sp³-hybridized carbons (Fsp3) is 0.0714. The summed E-state index contributed by atoms with van der Waals surface area (Å²) in [5.41, 5.74) is 0.726. The average molecular weight is 306 g/mol. The molecule has 100 valence electrons. The molecule has 20 heavy (non-hydrogen) atoms. The van der Waals surface area contributed by atoms with Crippen LogP contribution in [0.25, 0.3) is 20.2 Å². The number of nitrogens with zero attached hydrogens (tertiary/aromatic N) is 1. The van der Waals surface area contributed by atoms with Crippen molar-refractivity contribution in [1.29, 1.82) is 0 Å². The van der Waals surface area contributed by atoms with Crippen molar-refractivity contribution >= 4 is 48.8 Å². The number of hydrogen-bond acceptors (Lipinski definition) is 4. The van der Waals surface area contributed by atoms with Gasteiger partial charge in [-0.2, -0.15) is 0 Å². The molecule has 0 saturated carbocycles. The van der Waals surface area contributed by atoms with Gasteiger partial charge in [0.25, 0.3) is 5.69 Å². The summed E-state index contributed by atoms with van der Waals surface area (Å²) < 4.78 is 1.37. The van der Waals surface area contributed by atoms with Crippen LogP contribution in [0.5, 0.6) is 0 Å². The molecule has 4 nitrogen and oxygen atoms in total. The first-order chi connectivity index (χ1) is 9.49.